The number of nitriles is 1. The number of halogens is 4. The fourth-order valence-corrected chi connectivity index (χ4v) is 6.00. The molecule has 38 heavy (non-hydrogen) atoms. The van der Waals surface area contributed by atoms with Crippen LogP contribution >= 0.6 is 7.82 Å². The summed E-state index contributed by atoms with van der Waals surface area (Å²) in [6.07, 6.45) is 0.949. The molecule has 0 saturated heterocycles. The summed E-state index contributed by atoms with van der Waals surface area (Å²) in [4.78, 5) is 18.2. The van der Waals surface area contributed by atoms with Gasteiger partial charge in [-0.05, 0) is 64.9 Å². The van der Waals surface area contributed by atoms with Crippen molar-refractivity contribution in [3.05, 3.63) is 77.1 Å². The largest absolute Gasteiger partial charge is 0.471 e. The lowest BCUT2D eigenvalue weighted by Gasteiger charge is -2.74. The fraction of sp³-hybridized carbons (Fsp3) is 0.391. The molecular weight excluding hydrogens is 533 g/mol. The molecule has 3 fully saturated rings. The number of hydrogen-bond acceptors (Lipinski definition) is 7. The van der Waals surface area contributed by atoms with Crippen molar-refractivity contribution in [2.24, 2.45) is 5.41 Å². The van der Waals surface area contributed by atoms with Gasteiger partial charge in [-0.15, -0.1) is 5.10 Å². The Morgan fingerprint density at radius 3 is 2.37 bits per heavy atom. The number of phosphoric ester groups is 1. The molecule has 10 nitrogen and oxygen atoms in total. The van der Waals surface area contributed by atoms with Gasteiger partial charge in [-0.3, -0.25) is 4.52 Å². The van der Waals surface area contributed by atoms with Crippen molar-refractivity contribution in [1.29, 1.82) is 5.26 Å². The average Bonchev–Trinajstić information content (AvgIpc) is 3.29. The quantitative estimate of drug-likeness (QED) is 0.219. The number of nitrogens with zero attached hydrogens (tertiary/aromatic N) is 5. The zero-order valence-corrected chi connectivity index (χ0v) is 20.4. The Labute approximate surface area is 213 Å². The van der Waals surface area contributed by atoms with E-state index in [1.807, 2.05) is 6.07 Å². The number of benzene rings is 2. The number of hydrogen-bond donors (Lipinski definition) is 2. The summed E-state index contributed by atoms with van der Waals surface area (Å²) >= 11 is 0. The maximum absolute atomic E-state index is 16.8. The second kappa shape index (κ2) is 8.93. The first kappa shape index (κ1) is 26.4. The third-order valence-electron chi connectivity index (χ3n) is 7.50. The Hall–Kier alpha value is -3.21. The van der Waals surface area contributed by atoms with E-state index < -0.39 is 60.7 Å². The van der Waals surface area contributed by atoms with Crippen LogP contribution in [-0.4, -0.2) is 42.7 Å². The highest BCUT2D eigenvalue weighted by atomic mass is 31.2. The molecule has 2 N–H and O–H groups in total. The van der Waals surface area contributed by atoms with Crippen LogP contribution in [0.3, 0.4) is 0 Å². The van der Waals surface area contributed by atoms with E-state index in [1.54, 1.807) is 24.3 Å². The van der Waals surface area contributed by atoms with Gasteiger partial charge in [0.2, 0.25) is 0 Å². The zero-order valence-electron chi connectivity index (χ0n) is 19.5. The summed E-state index contributed by atoms with van der Waals surface area (Å²) in [7, 11) is -5.16. The van der Waals surface area contributed by atoms with Gasteiger partial charge < -0.3 is 14.5 Å². The molecule has 15 heteroatoms. The lowest BCUT2D eigenvalue weighted by molar-refractivity contribution is -0.363. The molecule has 0 radical (unpaired) electrons. The predicted octanol–water partition coefficient (Wildman–Crippen LogP) is 3.56. The minimum absolute atomic E-state index is 0.0121. The van der Waals surface area contributed by atoms with Crippen LogP contribution in [0.25, 0.3) is 0 Å². The van der Waals surface area contributed by atoms with Crippen molar-refractivity contribution in [1.82, 2.24) is 20.2 Å². The monoisotopic (exact) mass is 553 g/mol. The van der Waals surface area contributed by atoms with Gasteiger partial charge in [-0.1, -0.05) is 12.1 Å². The van der Waals surface area contributed by atoms with Gasteiger partial charge in [-0.2, -0.15) is 5.26 Å². The first-order chi connectivity index (χ1) is 17.9. The molecule has 3 aliphatic carbocycles. The molecule has 0 unspecified atom stereocenters. The Morgan fingerprint density at radius 2 is 1.82 bits per heavy atom. The molecule has 200 valence electrons. The van der Waals surface area contributed by atoms with Gasteiger partial charge in [0, 0.05) is 17.0 Å². The van der Waals surface area contributed by atoms with E-state index in [-0.39, 0.29) is 19.3 Å². The predicted molar refractivity (Wildman–Crippen MR) is 119 cm³/mol. The van der Waals surface area contributed by atoms with E-state index in [4.69, 9.17) is 19.8 Å². The van der Waals surface area contributed by atoms with E-state index in [0.29, 0.717) is 11.6 Å². The van der Waals surface area contributed by atoms with Crippen LogP contribution in [0.5, 0.6) is 0 Å². The van der Waals surface area contributed by atoms with Crippen molar-refractivity contribution in [2.75, 3.05) is 6.79 Å². The van der Waals surface area contributed by atoms with Crippen molar-refractivity contribution >= 4 is 7.82 Å². The second-order valence-electron chi connectivity index (χ2n) is 9.69. The highest BCUT2D eigenvalue weighted by Crippen LogP contribution is 2.80. The highest BCUT2D eigenvalue weighted by Gasteiger charge is 2.82. The fourth-order valence-electron chi connectivity index (χ4n) is 5.81. The highest BCUT2D eigenvalue weighted by molar-refractivity contribution is 7.46. The molecule has 2 bridgehead atoms. The standard InChI is InChI=1S/C23H20F4N5O5P/c24-17-5-6-18(19(25)7-17)22(12-32-13-29-30-31-32,36-14-37-38(33,34)35)23(26,27)21-9-20(10-21,11-21)16-3-1-15(8-28)2-4-16/h1-7,13H,9-12,14H2,(H2,33,34,35)/t20?,21?,22-/m1/s1. The maximum Gasteiger partial charge on any atom is 0.471 e. The van der Waals surface area contributed by atoms with Gasteiger partial charge in [0.05, 0.1) is 18.2 Å². The second-order valence-corrected chi connectivity index (χ2v) is 10.9. The third kappa shape index (κ3) is 4.11. The lowest BCUT2D eigenvalue weighted by atomic mass is 9.30. The van der Waals surface area contributed by atoms with E-state index in [0.717, 1.165) is 28.7 Å². The average molecular weight is 553 g/mol. The molecule has 1 heterocycles. The van der Waals surface area contributed by atoms with Crippen LogP contribution in [0.4, 0.5) is 17.6 Å². The molecule has 3 aromatic rings. The van der Waals surface area contributed by atoms with Crippen LogP contribution in [0, 0.1) is 28.4 Å². The van der Waals surface area contributed by atoms with Gasteiger partial charge in [0.15, 0.2) is 12.4 Å². The van der Waals surface area contributed by atoms with Crippen molar-refractivity contribution in [3.8, 4) is 6.07 Å². The minimum Gasteiger partial charge on any atom is -0.335 e. The molecule has 1 aromatic heterocycles. The molecule has 1 atom stereocenters. The van der Waals surface area contributed by atoms with Gasteiger partial charge in [-0.25, -0.2) is 26.8 Å². The number of phosphoric acid groups is 1. The molecule has 0 amide bonds. The number of rotatable bonds is 10. The van der Waals surface area contributed by atoms with Crippen molar-refractivity contribution in [2.45, 2.75) is 42.7 Å². The number of alkyl halides is 2. The molecule has 6 rings (SSSR count). The summed E-state index contributed by atoms with van der Waals surface area (Å²) in [5.74, 6) is -6.28. The topological polar surface area (TPSA) is 143 Å². The van der Waals surface area contributed by atoms with Crippen molar-refractivity contribution in [3.63, 3.8) is 0 Å². The van der Waals surface area contributed by atoms with E-state index >= 15 is 13.2 Å². The summed E-state index contributed by atoms with van der Waals surface area (Å²) in [5.41, 5.74) is -4.79. The molecule has 3 aliphatic rings. The van der Waals surface area contributed by atoms with E-state index in [9.17, 15) is 8.96 Å². The van der Waals surface area contributed by atoms with Crippen LogP contribution < -0.4 is 0 Å². The summed E-state index contributed by atoms with van der Waals surface area (Å²) in [6, 6.07) is 10.6. The van der Waals surface area contributed by atoms with Crippen LogP contribution in [0.15, 0.2) is 48.8 Å². The molecular formula is C23H20F4N5O5P. The van der Waals surface area contributed by atoms with Gasteiger partial charge >= 0.3 is 7.82 Å². The Balaban J connectivity index is 1.56. The Bertz CT molecular complexity index is 1420. The first-order valence-corrected chi connectivity index (χ1v) is 12.8. The van der Waals surface area contributed by atoms with Crippen molar-refractivity contribution < 1.29 is 41.2 Å². The summed E-state index contributed by atoms with van der Waals surface area (Å²) in [6.45, 7) is -2.22. The SMILES string of the molecule is N#Cc1ccc(C23CC(C(F)(F)[C@](Cn4cnnn4)(OCOP(=O)(O)O)c4ccc(F)cc4F)(C2)C3)cc1. The summed E-state index contributed by atoms with van der Waals surface area (Å²) < 4.78 is 84.4. The number of aromatic nitrogens is 4. The first-order valence-electron chi connectivity index (χ1n) is 11.2. The van der Waals surface area contributed by atoms with E-state index in [1.165, 1.54) is 0 Å². The minimum atomic E-state index is -5.16. The van der Waals surface area contributed by atoms with Gasteiger partial charge in [0.1, 0.15) is 18.0 Å². The Kier molecular flexibility index (Phi) is 6.20. The van der Waals surface area contributed by atoms with Crippen LogP contribution in [-0.2, 0) is 31.4 Å². The third-order valence-corrected chi connectivity index (χ3v) is 7.94. The molecule has 0 aliphatic heterocycles. The lowest BCUT2D eigenvalue weighted by Crippen LogP contribution is -2.76. The molecule has 2 aromatic carbocycles. The molecule has 3 saturated carbocycles. The smallest absolute Gasteiger partial charge is 0.335 e. The number of tetrazole rings is 1. The number of ether oxygens (including phenoxy) is 1. The molecule has 0 spiro atoms. The van der Waals surface area contributed by atoms with Crippen LogP contribution in [0.2, 0.25) is 0 Å². The summed E-state index contributed by atoms with van der Waals surface area (Å²) in [5, 5.41) is 19.4. The van der Waals surface area contributed by atoms with E-state index in [2.05, 4.69) is 20.0 Å². The maximum atomic E-state index is 16.8. The Morgan fingerprint density at radius 1 is 1.13 bits per heavy atom. The normalized spacial score (nSPS) is 24.1. The van der Waals surface area contributed by atoms with Gasteiger partial charge in [0.25, 0.3) is 5.92 Å². The zero-order chi connectivity index (χ0) is 27.4. The van der Waals surface area contributed by atoms with Crippen LogP contribution in [0.1, 0.15) is 36.0 Å².